The van der Waals surface area contributed by atoms with Crippen LogP contribution in [0, 0.1) is 0 Å². The molecule has 1 N–H and O–H groups in total. The maximum atomic E-state index is 12.2. The lowest BCUT2D eigenvalue weighted by Gasteiger charge is -2.49. The van der Waals surface area contributed by atoms with Crippen molar-refractivity contribution in [3.8, 4) is 0 Å². The highest BCUT2D eigenvalue weighted by Gasteiger charge is 2.36. The Morgan fingerprint density at radius 1 is 1.18 bits per heavy atom. The van der Waals surface area contributed by atoms with Gasteiger partial charge in [-0.05, 0) is 48.0 Å². The lowest BCUT2D eigenvalue weighted by molar-refractivity contribution is -0.0829. The maximum Gasteiger partial charge on any atom is 0.274 e. The van der Waals surface area contributed by atoms with Crippen LogP contribution in [0.1, 0.15) is 13.8 Å². The Bertz CT molecular complexity index is 898. The van der Waals surface area contributed by atoms with Crippen LogP contribution in [-0.2, 0) is 11.8 Å². The van der Waals surface area contributed by atoms with Gasteiger partial charge in [0.1, 0.15) is 5.69 Å². The molecule has 2 aliphatic rings. The molecule has 2 saturated heterocycles. The van der Waals surface area contributed by atoms with Gasteiger partial charge in [0.25, 0.3) is 5.56 Å². The van der Waals surface area contributed by atoms with E-state index < -0.39 is 0 Å². The van der Waals surface area contributed by atoms with Crippen LogP contribution in [0.25, 0.3) is 0 Å². The van der Waals surface area contributed by atoms with Crippen molar-refractivity contribution in [3.63, 3.8) is 0 Å². The molecule has 2 atom stereocenters. The first-order chi connectivity index (χ1) is 13.4. The number of pyridine rings is 1. The molecule has 150 valence electrons. The Balaban J connectivity index is 1.47. The minimum absolute atomic E-state index is 0.118. The van der Waals surface area contributed by atoms with Gasteiger partial charge in [-0.3, -0.25) is 9.69 Å². The van der Waals surface area contributed by atoms with Crippen molar-refractivity contribution in [2.45, 2.75) is 32.0 Å². The van der Waals surface area contributed by atoms with E-state index >= 15 is 0 Å². The first-order valence-corrected chi connectivity index (χ1v) is 10.3. The van der Waals surface area contributed by atoms with Crippen molar-refractivity contribution in [1.82, 2.24) is 19.7 Å². The minimum atomic E-state index is -0.118. The number of hydrogen-bond donors (Lipinski definition) is 1. The van der Waals surface area contributed by atoms with Gasteiger partial charge in [0.15, 0.2) is 11.6 Å². The lowest BCUT2D eigenvalue weighted by Crippen LogP contribution is -2.63. The summed E-state index contributed by atoms with van der Waals surface area (Å²) in [5.41, 5.74) is 0.338. The molecule has 2 fully saturated rings. The average molecular weight is 449 g/mol. The monoisotopic (exact) mass is 448 g/mol. The smallest absolute Gasteiger partial charge is 0.274 e. The molecule has 0 spiro atoms. The molecule has 4 heterocycles. The van der Waals surface area contributed by atoms with Crippen molar-refractivity contribution in [2.24, 2.45) is 7.05 Å². The van der Waals surface area contributed by atoms with E-state index in [0.29, 0.717) is 29.6 Å². The highest BCUT2D eigenvalue weighted by molar-refractivity contribution is 9.10. The summed E-state index contributed by atoms with van der Waals surface area (Å²) < 4.78 is 7.69. The molecule has 0 aliphatic carbocycles. The minimum Gasteiger partial charge on any atom is -0.378 e. The SMILES string of the molecule is C[C@@H]1CN(c2ccc(Nc3cc(Br)cn(C)c3=O)nn2)[C@@H](C)CN1C1COC1. The lowest BCUT2D eigenvalue weighted by atomic mass is 10.0. The van der Waals surface area contributed by atoms with E-state index in [2.05, 4.69) is 55.1 Å². The number of nitrogens with zero attached hydrogens (tertiary/aromatic N) is 5. The quantitative estimate of drug-likeness (QED) is 0.765. The molecule has 8 nitrogen and oxygen atoms in total. The van der Waals surface area contributed by atoms with Gasteiger partial charge >= 0.3 is 0 Å². The molecule has 0 unspecified atom stereocenters. The average Bonchev–Trinajstić information content (AvgIpc) is 2.61. The molecule has 28 heavy (non-hydrogen) atoms. The molecule has 2 aliphatic heterocycles. The van der Waals surface area contributed by atoms with Gasteiger partial charge in [-0.15, -0.1) is 10.2 Å². The predicted octanol–water partition coefficient (Wildman–Crippen LogP) is 1.98. The van der Waals surface area contributed by atoms with Crippen molar-refractivity contribution in [2.75, 3.05) is 36.5 Å². The molecule has 0 saturated carbocycles. The van der Waals surface area contributed by atoms with Crippen LogP contribution < -0.4 is 15.8 Å². The van der Waals surface area contributed by atoms with Crippen molar-refractivity contribution < 1.29 is 4.74 Å². The van der Waals surface area contributed by atoms with E-state index in [1.165, 1.54) is 4.57 Å². The van der Waals surface area contributed by atoms with Gasteiger partial charge in [0.2, 0.25) is 0 Å². The number of hydrogen-bond acceptors (Lipinski definition) is 7. The van der Waals surface area contributed by atoms with E-state index in [1.807, 2.05) is 12.1 Å². The fourth-order valence-electron chi connectivity index (χ4n) is 3.84. The van der Waals surface area contributed by atoms with Crippen LogP contribution in [0.3, 0.4) is 0 Å². The normalized spacial score (nSPS) is 23.5. The molecule has 0 aromatic carbocycles. The second-order valence-electron chi connectivity index (χ2n) is 7.63. The van der Waals surface area contributed by atoms with Crippen LogP contribution in [0.4, 0.5) is 17.3 Å². The van der Waals surface area contributed by atoms with Crippen molar-refractivity contribution in [3.05, 3.63) is 39.2 Å². The molecule has 2 aromatic rings. The molecule has 4 rings (SSSR count). The summed E-state index contributed by atoms with van der Waals surface area (Å²) in [6, 6.07) is 6.90. The first kappa shape index (κ1) is 19.4. The summed E-state index contributed by atoms with van der Waals surface area (Å²) in [6.07, 6.45) is 1.72. The molecular weight excluding hydrogens is 424 g/mol. The third-order valence-corrected chi connectivity index (χ3v) is 5.91. The zero-order chi connectivity index (χ0) is 19.8. The zero-order valence-corrected chi connectivity index (χ0v) is 17.9. The fraction of sp³-hybridized carbons (Fsp3) is 0.526. The van der Waals surface area contributed by atoms with Gasteiger partial charge in [-0.25, -0.2) is 0 Å². The number of aryl methyl sites for hydroxylation is 1. The third-order valence-electron chi connectivity index (χ3n) is 5.48. The number of halogens is 1. The Labute approximate surface area is 172 Å². The van der Waals surface area contributed by atoms with Gasteiger partial charge in [0, 0.05) is 42.9 Å². The molecular formula is C19H25BrN6O2. The number of nitrogens with one attached hydrogen (secondary N) is 1. The summed E-state index contributed by atoms with van der Waals surface area (Å²) in [5.74, 6) is 1.40. The Kier molecular flexibility index (Phi) is 5.39. The second-order valence-corrected chi connectivity index (χ2v) is 8.54. The number of anilines is 3. The first-order valence-electron chi connectivity index (χ1n) is 9.49. The Morgan fingerprint density at radius 3 is 2.61 bits per heavy atom. The molecule has 2 aromatic heterocycles. The van der Waals surface area contributed by atoms with E-state index in [4.69, 9.17) is 4.74 Å². The van der Waals surface area contributed by atoms with Crippen LogP contribution in [0.5, 0.6) is 0 Å². The van der Waals surface area contributed by atoms with Gasteiger partial charge in [0.05, 0.1) is 19.3 Å². The molecule has 9 heteroatoms. The Morgan fingerprint density at radius 2 is 1.96 bits per heavy atom. The largest absolute Gasteiger partial charge is 0.378 e. The number of rotatable bonds is 4. The van der Waals surface area contributed by atoms with E-state index in [0.717, 1.165) is 36.6 Å². The fourth-order valence-corrected chi connectivity index (χ4v) is 4.38. The maximum absolute atomic E-state index is 12.2. The number of aromatic nitrogens is 3. The highest BCUT2D eigenvalue weighted by atomic mass is 79.9. The van der Waals surface area contributed by atoms with E-state index in [9.17, 15) is 4.79 Å². The summed E-state index contributed by atoms with van der Waals surface area (Å²) in [7, 11) is 1.71. The Hall–Kier alpha value is -1.97. The van der Waals surface area contributed by atoms with Crippen molar-refractivity contribution in [1.29, 1.82) is 0 Å². The summed E-state index contributed by atoms with van der Waals surface area (Å²) in [4.78, 5) is 17.1. The number of piperazine rings is 1. The molecule has 0 radical (unpaired) electrons. The summed E-state index contributed by atoms with van der Waals surface area (Å²) in [6.45, 7) is 8.05. The highest BCUT2D eigenvalue weighted by Crippen LogP contribution is 2.25. The van der Waals surface area contributed by atoms with Crippen molar-refractivity contribution >= 4 is 33.3 Å². The van der Waals surface area contributed by atoms with Crippen LogP contribution in [-0.4, -0.2) is 64.1 Å². The number of ether oxygens (including phenoxy) is 1. The third kappa shape index (κ3) is 3.78. The van der Waals surface area contributed by atoms with Crippen LogP contribution >= 0.6 is 15.9 Å². The van der Waals surface area contributed by atoms with Gasteiger partial charge < -0.3 is 19.5 Å². The summed E-state index contributed by atoms with van der Waals surface area (Å²) in [5, 5.41) is 11.8. The van der Waals surface area contributed by atoms with Crippen LogP contribution in [0.2, 0.25) is 0 Å². The standard InChI is InChI=1S/C19H25BrN6O2/c1-12-8-26(13(2)7-25(12)15-10-28-11-15)18-5-4-17(22-23-18)21-16-6-14(20)9-24(3)19(16)27/h4-6,9,12-13,15H,7-8,10-11H2,1-3H3,(H,21,22)/t12-,13+/m1/s1. The second kappa shape index (κ2) is 7.81. The van der Waals surface area contributed by atoms with Gasteiger partial charge in [-0.1, -0.05) is 0 Å². The topological polar surface area (TPSA) is 75.5 Å². The zero-order valence-electron chi connectivity index (χ0n) is 16.3. The van der Waals surface area contributed by atoms with E-state index in [-0.39, 0.29) is 5.56 Å². The molecule has 0 amide bonds. The predicted molar refractivity (Wildman–Crippen MR) is 112 cm³/mol. The van der Waals surface area contributed by atoms with Crippen LogP contribution in [0.15, 0.2) is 33.7 Å². The van der Waals surface area contributed by atoms with Gasteiger partial charge in [-0.2, -0.15) is 0 Å². The molecule has 0 bridgehead atoms. The summed E-state index contributed by atoms with van der Waals surface area (Å²) >= 11 is 3.41. The van der Waals surface area contributed by atoms with E-state index in [1.54, 1.807) is 19.3 Å².